The maximum atomic E-state index is 12.8. The zero-order valence-electron chi connectivity index (χ0n) is 44.6. The maximum absolute atomic E-state index is 12.8. The number of esters is 2. The van der Waals surface area contributed by atoms with Crippen molar-refractivity contribution in [3.05, 3.63) is 97.2 Å². The molecule has 69 heavy (non-hydrogen) atoms. The molecule has 0 N–H and O–H groups in total. The molecule has 0 aromatic heterocycles. The van der Waals surface area contributed by atoms with E-state index in [0.717, 1.165) is 109 Å². The van der Waals surface area contributed by atoms with Crippen molar-refractivity contribution in [1.29, 1.82) is 0 Å². The van der Waals surface area contributed by atoms with Crippen molar-refractivity contribution in [1.82, 2.24) is 0 Å². The van der Waals surface area contributed by atoms with E-state index in [4.69, 9.17) is 18.9 Å². The molecular weight excluding hydrogens is 863 g/mol. The highest BCUT2D eigenvalue weighted by Crippen LogP contribution is 2.14. The van der Waals surface area contributed by atoms with Crippen molar-refractivity contribution in [2.75, 3.05) is 47.5 Å². The lowest BCUT2D eigenvalue weighted by Gasteiger charge is -2.26. The van der Waals surface area contributed by atoms with Crippen LogP contribution in [0, 0.1) is 0 Å². The predicted octanol–water partition coefficient (Wildman–Crippen LogP) is 14.4. The van der Waals surface area contributed by atoms with Crippen LogP contribution in [0.1, 0.15) is 206 Å². The second kappa shape index (κ2) is 50.6. The number of carbonyl (C=O) groups excluding carboxylic acids is 3. The number of carboxylic acid groups (broad SMARTS) is 1. The number of likely N-dealkylation sites (N-methyl/N-ethyl adjacent to an activating group) is 1. The molecule has 0 saturated carbocycles. The van der Waals surface area contributed by atoms with Crippen LogP contribution in [0.3, 0.4) is 0 Å². The summed E-state index contributed by atoms with van der Waals surface area (Å²) in [7, 11) is 5.90. The first-order valence-corrected chi connectivity index (χ1v) is 27.4. The molecule has 0 aliphatic rings. The smallest absolute Gasteiger partial charge is 0.306 e. The zero-order chi connectivity index (χ0) is 50.6. The summed E-state index contributed by atoms with van der Waals surface area (Å²) < 4.78 is 22.6. The summed E-state index contributed by atoms with van der Waals surface area (Å²) in [6, 6.07) is 0. The fraction of sp³-hybridized carbons (Fsp3) is 0.683. The van der Waals surface area contributed by atoms with Gasteiger partial charge < -0.3 is 33.3 Å². The number of aliphatic carboxylic acids is 1. The molecule has 0 fully saturated rings. The Kier molecular flexibility index (Phi) is 47.8. The van der Waals surface area contributed by atoms with Crippen molar-refractivity contribution in [3.63, 3.8) is 0 Å². The Labute approximate surface area is 422 Å². The Balaban J connectivity index is 4.37. The van der Waals surface area contributed by atoms with Gasteiger partial charge in [-0.2, -0.15) is 0 Å². The average Bonchev–Trinajstić information content (AvgIpc) is 3.31. The van der Waals surface area contributed by atoms with E-state index < -0.39 is 24.3 Å². The molecule has 0 aliphatic carbocycles. The number of ether oxygens (including phenoxy) is 4. The highest BCUT2D eigenvalue weighted by Gasteiger charge is 2.22. The molecule has 9 nitrogen and oxygen atoms in total. The van der Waals surface area contributed by atoms with E-state index in [1.54, 1.807) is 0 Å². The first kappa shape index (κ1) is 65.2. The van der Waals surface area contributed by atoms with Crippen molar-refractivity contribution < 1.29 is 42.9 Å². The van der Waals surface area contributed by atoms with Gasteiger partial charge in [0.2, 0.25) is 0 Å². The molecule has 9 heteroatoms. The van der Waals surface area contributed by atoms with Crippen LogP contribution in [0.5, 0.6) is 0 Å². The fourth-order valence-electron chi connectivity index (χ4n) is 7.10. The van der Waals surface area contributed by atoms with Crippen LogP contribution in [0.25, 0.3) is 0 Å². The largest absolute Gasteiger partial charge is 0.545 e. The molecule has 0 bridgehead atoms. The maximum Gasteiger partial charge on any atom is 0.306 e. The third-order valence-electron chi connectivity index (χ3n) is 11.3. The van der Waals surface area contributed by atoms with Gasteiger partial charge in [-0.05, 0) is 96.3 Å². The van der Waals surface area contributed by atoms with E-state index in [1.165, 1.54) is 64.2 Å². The van der Waals surface area contributed by atoms with Crippen molar-refractivity contribution in [2.45, 2.75) is 219 Å². The SMILES string of the molecule is CC/C=C\C/C=C\C/C=C\C/C=C\C/C=C\CCCCCCCC(=O)OC(COC(=O)CCCCCCCCCC/C=C\C/C=C\C/C=C\CCCCCCC)COC(OCC[N+](C)(C)C)C(=O)[O-]. The van der Waals surface area contributed by atoms with Crippen molar-refractivity contribution in [3.8, 4) is 0 Å². The molecule has 2 atom stereocenters. The Morgan fingerprint density at radius 3 is 1.23 bits per heavy atom. The van der Waals surface area contributed by atoms with Gasteiger partial charge in [-0.3, -0.25) is 9.59 Å². The lowest BCUT2D eigenvalue weighted by Crippen LogP contribution is -2.44. The van der Waals surface area contributed by atoms with E-state index in [-0.39, 0.29) is 38.6 Å². The van der Waals surface area contributed by atoms with Gasteiger partial charge in [0.25, 0.3) is 0 Å². The highest BCUT2D eigenvalue weighted by molar-refractivity contribution is 5.70. The summed E-state index contributed by atoms with van der Waals surface area (Å²) in [4.78, 5) is 37.2. The van der Waals surface area contributed by atoms with E-state index in [2.05, 4.69) is 111 Å². The minimum absolute atomic E-state index is 0.137. The van der Waals surface area contributed by atoms with Gasteiger partial charge in [-0.15, -0.1) is 0 Å². The lowest BCUT2D eigenvalue weighted by molar-refractivity contribution is -0.870. The number of nitrogens with zero attached hydrogens (tertiary/aromatic N) is 1. The van der Waals surface area contributed by atoms with Gasteiger partial charge in [0.15, 0.2) is 12.4 Å². The predicted molar refractivity (Wildman–Crippen MR) is 287 cm³/mol. The molecule has 2 unspecified atom stereocenters. The summed E-state index contributed by atoms with van der Waals surface area (Å²) >= 11 is 0. The Hall–Kier alpha value is -3.79. The number of hydrogen-bond donors (Lipinski definition) is 0. The molecule has 394 valence electrons. The molecule has 0 aromatic carbocycles. The molecule has 0 aliphatic heterocycles. The zero-order valence-corrected chi connectivity index (χ0v) is 44.6. The second-order valence-electron chi connectivity index (χ2n) is 19.1. The van der Waals surface area contributed by atoms with E-state index >= 15 is 0 Å². The number of carbonyl (C=O) groups is 3. The number of quaternary nitrogens is 1. The normalized spacial score (nSPS) is 13.6. The van der Waals surface area contributed by atoms with Gasteiger partial charge in [-0.25, -0.2) is 0 Å². The minimum atomic E-state index is -1.63. The van der Waals surface area contributed by atoms with Crippen LogP contribution in [0.15, 0.2) is 97.2 Å². The summed E-state index contributed by atoms with van der Waals surface area (Å²) in [5.74, 6) is -2.33. The van der Waals surface area contributed by atoms with Gasteiger partial charge in [0, 0.05) is 12.8 Å². The third-order valence-corrected chi connectivity index (χ3v) is 11.3. The van der Waals surface area contributed by atoms with Gasteiger partial charge in [0.1, 0.15) is 13.2 Å². The molecule has 0 heterocycles. The minimum Gasteiger partial charge on any atom is -0.545 e. The van der Waals surface area contributed by atoms with E-state index in [0.29, 0.717) is 17.4 Å². The van der Waals surface area contributed by atoms with Crippen LogP contribution in [-0.4, -0.2) is 82.3 Å². The van der Waals surface area contributed by atoms with Crippen LogP contribution in [0.2, 0.25) is 0 Å². The Bertz CT molecular complexity index is 1450. The van der Waals surface area contributed by atoms with Crippen LogP contribution in [-0.2, 0) is 33.3 Å². The quantitative estimate of drug-likeness (QED) is 0.0195. The molecule has 0 radical (unpaired) electrons. The molecule has 0 amide bonds. The van der Waals surface area contributed by atoms with Crippen LogP contribution < -0.4 is 5.11 Å². The molecule has 0 spiro atoms. The van der Waals surface area contributed by atoms with E-state index in [1.807, 2.05) is 21.1 Å². The number of allylic oxidation sites excluding steroid dienone is 16. The van der Waals surface area contributed by atoms with Gasteiger partial charge in [-0.1, -0.05) is 195 Å². The summed E-state index contributed by atoms with van der Waals surface area (Å²) in [6.45, 7) is 4.58. The average molecular weight is 964 g/mol. The van der Waals surface area contributed by atoms with Crippen LogP contribution in [0.4, 0.5) is 0 Å². The second-order valence-corrected chi connectivity index (χ2v) is 19.1. The molecule has 0 saturated heterocycles. The number of hydrogen-bond acceptors (Lipinski definition) is 8. The van der Waals surface area contributed by atoms with Crippen molar-refractivity contribution >= 4 is 17.9 Å². The Morgan fingerprint density at radius 1 is 0.449 bits per heavy atom. The lowest BCUT2D eigenvalue weighted by atomic mass is 10.1. The van der Waals surface area contributed by atoms with E-state index in [9.17, 15) is 19.5 Å². The highest BCUT2D eigenvalue weighted by atomic mass is 16.7. The third kappa shape index (κ3) is 51.9. The summed E-state index contributed by atoms with van der Waals surface area (Å²) in [6.07, 6.45) is 64.4. The van der Waals surface area contributed by atoms with Crippen LogP contribution >= 0.6 is 0 Å². The monoisotopic (exact) mass is 964 g/mol. The van der Waals surface area contributed by atoms with Gasteiger partial charge >= 0.3 is 11.9 Å². The first-order chi connectivity index (χ1) is 33.6. The topological polar surface area (TPSA) is 111 Å². The summed E-state index contributed by atoms with van der Waals surface area (Å²) in [5.41, 5.74) is 0. The fourth-order valence-corrected chi connectivity index (χ4v) is 7.10. The van der Waals surface area contributed by atoms with Gasteiger partial charge in [0.05, 0.1) is 40.3 Å². The summed E-state index contributed by atoms with van der Waals surface area (Å²) in [5, 5.41) is 11.8. The van der Waals surface area contributed by atoms with Crippen molar-refractivity contribution in [2.24, 2.45) is 0 Å². The first-order valence-electron chi connectivity index (χ1n) is 27.4. The number of carboxylic acids is 1. The molecular formula is C60H101NO8. The molecule has 0 rings (SSSR count). The standard InChI is InChI=1S/C60H101NO8/c1-6-8-10-12-14-16-18-20-22-24-26-28-29-31-32-34-36-38-40-42-44-46-48-50-57(62)67-54-56(55-68-60(59(64)65)66-53-52-61(3,4)5)69-58(63)51-49-47-45-43-41-39-37-35-33-30-27-25-23-21-19-17-15-13-11-9-7-2/h9,11,15,17-18,20-21,23-24,26-27,29-31,35,37,56,60H,6-8,10,12-14,16,19,22,25,28,32-34,36,38-55H2,1-5H3/b11-9-,17-15-,20-18-,23-21-,26-24-,30-27-,31-29-,37-35-. The number of rotatable bonds is 49. The Morgan fingerprint density at radius 2 is 0.826 bits per heavy atom. The number of unbranched alkanes of at least 4 members (excludes halogenated alkanes) is 18. The molecule has 0 aromatic rings.